The largest absolute Gasteiger partial charge is 0.348 e. The summed E-state index contributed by atoms with van der Waals surface area (Å²) in [7, 11) is 0. The fourth-order valence-electron chi connectivity index (χ4n) is 4.28. The molecule has 2 heterocycles. The predicted molar refractivity (Wildman–Crippen MR) is 97.4 cm³/mol. The molecule has 2 aromatic rings. The maximum atomic E-state index is 12.7. The molecule has 25 heavy (non-hydrogen) atoms. The van der Waals surface area contributed by atoms with Gasteiger partial charge in [-0.1, -0.05) is 25.0 Å². The van der Waals surface area contributed by atoms with Crippen LogP contribution >= 0.6 is 0 Å². The van der Waals surface area contributed by atoms with E-state index in [0.717, 1.165) is 17.7 Å². The van der Waals surface area contributed by atoms with Crippen molar-refractivity contribution >= 4 is 5.91 Å². The maximum Gasteiger partial charge on any atom is 0.237 e. The number of nitrogens with one attached hydrogen (secondary N) is 2. The molecule has 2 fully saturated rings. The lowest BCUT2D eigenvalue weighted by Gasteiger charge is -2.24. The van der Waals surface area contributed by atoms with Crippen molar-refractivity contribution < 1.29 is 4.79 Å². The summed E-state index contributed by atoms with van der Waals surface area (Å²) in [5, 5.41) is 11.0. The van der Waals surface area contributed by atoms with Gasteiger partial charge in [-0.3, -0.25) is 4.79 Å². The Morgan fingerprint density at radius 2 is 2.20 bits per heavy atom. The molecule has 1 aliphatic carbocycles. The van der Waals surface area contributed by atoms with Gasteiger partial charge in [0.25, 0.3) is 0 Å². The average molecular weight is 338 g/mol. The number of fused-ring (bicyclic) bond motifs is 1. The van der Waals surface area contributed by atoms with E-state index in [2.05, 4.69) is 27.9 Å². The minimum absolute atomic E-state index is 0.0209. The molecule has 2 aliphatic rings. The zero-order valence-electron chi connectivity index (χ0n) is 14.7. The van der Waals surface area contributed by atoms with Gasteiger partial charge in [0.05, 0.1) is 17.8 Å². The molecule has 132 valence electrons. The van der Waals surface area contributed by atoms with E-state index in [-0.39, 0.29) is 18.0 Å². The van der Waals surface area contributed by atoms with Crippen molar-refractivity contribution in [3.8, 4) is 5.69 Å². The molecule has 1 aliphatic heterocycles. The average Bonchev–Trinajstić information content (AvgIpc) is 3.31. The summed E-state index contributed by atoms with van der Waals surface area (Å²) in [6.45, 7) is 2.04. The lowest BCUT2D eigenvalue weighted by atomic mass is 9.85. The second-order valence-electron chi connectivity index (χ2n) is 7.38. The van der Waals surface area contributed by atoms with Gasteiger partial charge in [0, 0.05) is 18.4 Å². The Hall–Kier alpha value is -2.14. The summed E-state index contributed by atoms with van der Waals surface area (Å²) in [6, 6.07) is 10.6. The van der Waals surface area contributed by atoms with Gasteiger partial charge in [-0.2, -0.15) is 5.10 Å². The summed E-state index contributed by atoms with van der Waals surface area (Å²) in [5.74, 6) is 0.814. The van der Waals surface area contributed by atoms with Crippen LogP contribution in [0.25, 0.3) is 5.69 Å². The number of carbonyl (C=O) groups excluding carboxylic acids is 1. The van der Waals surface area contributed by atoms with Gasteiger partial charge in [-0.05, 0) is 55.9 Å². The Morgan fingerprint density at radius 3 is 3.00 bits per heavy atom. The highest BCUT2D eigenvalue weighted by atomic mass is 16.2. The molecule has 1 saturated carbocycles. The van der Waals surface area contributed by atoms with Gasteiger partial charge in [-0.25, -0.2) is 4.68 Å². The van der Waals surface area contributed by atoms with E-state index in [4.69, 9.17) is 0 Å². The van der Waals surface area contributed by atoms with Crippen LogP contribution < -0.4 is 10.6 Å². The minimum atomic E-state index is -0.0372. The van der Waals surface area contributed by atoms with Crippen LogP contribution in [-0.2, 0) is 4.79 Å². The van der Waals surface area contributed by atoms with Crippen molar-refractivity contribution in [2.45, 2.75) is 57.2 Å². The second kappa shape index (κ2) is 7.00. The van der Waals surface area contributed by atoms with Gasteiger partial charge in [0.2, 0.25) is 5.91 Å². The first kappa shape index (κ1) is 16.3. The Bertz CT molecular complexity index is 713. The van der Waals surface area contributed by atoms with E-state index in [9.17, 15) is 4.79 Å². The maximum absolute atomic E-state index is 12.7. The highest BCUT2D eigenvalue weighted by Gasteiger charge is 2.38. The van der Waals surface area contributed by atoms with E-state index >= 15 is 0 Å². The van der Waals surface area contributed by atoms with E-state index in [1.165, 1.54) is 25.7 Å². The van der Waals surface area contributed by atoms with Crippen LogP contribution in [0, 0.1) is 5.92 Å². The quantitative estimate of drug-likeness (QED) is 0.901. The van der Waals surface area contributed by atoms with Crippen molar-refractivity contribution in [2.24, 2.45) is 5.92 Å². The van der Waals surface area contributed by atoms with E-state index in [0.29, 0.717) is 12.0 Å². The molecule has 1 aromatic heterocycles. The van der Waals surface area contributed by atoms with Crippen molar-refractivity contribution in [1.29, 1.82) is 0 Å². The Labute approximate surface area is 148 Å². The normalized spacial score (nSPS) is 26.8. The number of carbonyl (C=O) groups is 1. The van der Waals surface area contributed by atoms with Crippen LogP contribution in [0.5, 0.6) is 0 Å². The summed E-state index contributed by atoms with van der Waals surface area (Å²) >= 11 is 0. The Kier molecular flexibility index (Phi) is 4.57. The van der Waals surface area contributed by atoms with Crippen LogP contribution in [0.15, 0.2) is 42.7 Å². The zero-order valence-corrected chi connectivity index (χ0v) is 14.7. The van der Waals surface area contributed by atoms with Gasteiger partial charge < -0.3 is 10.6 Å². The van der Waals surface area contributed by atoms with Crippen molar-refractivity contribution in [3.05, 3.63) is 48.3 Å². The first-order valence-corrected chi connectivity index (χ1v) is 9.37. The molecule has 4 rings (SSSR count). The summed E-state index contributed by atoms with van der Waals surface area (Å²) < 4.78 is 1.83. The highest BCUT2D eigenvalue weighted by Crippen LogP contribution is 2.33. The first-order chi connectivity index (χ1) is 12.2. The topological polar surface area (TPSA) is 59.0 Å². The third-order valence-electron chi connectivity index (χ3n) is 5.68. The molecule has 1 saturated heterocycles. The van der Waals surface area contributed by atoms with Gasteiger partial charge in [-0.15, -0.1) is 0 Å². The summed E-state index contributed by atoms with van der Waals surface area (Å²) in [4.78, 5) is 12.7. The Balaban J connectivity index is 1.41. The molecule has 0 spiro atoms. The molecule has 0 bridgehead atoms. The molecular weight excluding hydrogens is 312 g/mol. The van der Waals surface area contributed by atoms with Crippen LogP contribution in [0.1, 0.15) is 50.6 Å². The second-order valence-corrected chi connectivity index (χ2v) is 7.38. The SMILES string of the molecule is CC(NC(=O)C1CC2CCCCC2N1)c1cccc(-n2cccn2)c1. The highest BCUT2D eigenvalue weighted by molar-refractivity contribution is 5.82. The molecule has 5 nitrogen and oxygen atoms in total. The van der Waals surface area contributed by atoms with E-state index < -0.39 is 0 Å². The van der Waals surface area contributed by atoms with Gasteiger partial charge in [0.1, 0.15) is 0 Å². The number of nitrogens with zero attached hydrogens (tertiary/aromatic N) is 2. The lowest BCUT2D eigenvalue weighted by molar-refractivity contribution is -0.123. The third-order valence-corrected chi connectivity index (χ3v) is 5.68. The van der Waals surface area contributed by atoms with Crippen LogP contribution in [-0.4, -0.2) is 27.8 Å². The predicted octanol–water partition coefficient (Wildman–Crippen LogP) is 2.97. The van der Waals surface area contributed by atoms with Gasteiger partial charge in [0.15, 0.2) is 0 Å². The number of hydrogen-bond donors (Lipinski definition) is 2. The number of rotatable bonds is 4. The standard InChI is InChI=1S/C20H26N4O/c1-14(15-7-4-8-17(12-15)24-11-5-10-21-24)22-20(25)19-13-16-6-2-3-9-18(16)23-19/h4-5,7-8,10-12,14,16,18-19,23H,2-3,6,9,13H2,1H3,(H,22,25). The first-order valence-electron chi connectivity index (χ1n) is 9.37. The molecule has 1 amide bonds. The molecule has 4 unspecified atom stereocenters. The van der Waals surface area contributed by atoms with Gasteiger partial charge >= 0.3 is 0 Å². The summed E-state index contributed by atoms with van der Waals surface area (Å²) in [6.07, 6.45) is 9.76. The fourth-order valence-corrected chi connectivity index (χ4v) is 4.28. The molecule has 1 aromatic carbocycles. The fraction of sp³-hybridized carbons (Fsp3) is 0.500. The zero-order chi connectivity index (χ0) is 17.2. The monoisotopic (exact) mass is 338 g/mol. The third kappa shape index (κ3) is 3.47. The van der Waals surface area contributed by atoms with Crippen molar-refractivity contribution in [3.63, 3.8) is 0 Å². The minimum Gasteiger partial charge on any atom is -0.348 e. The molecule has 4 atom stereocenters. The summed E-state index contributed by atoms with van der Waals surface area (Å²) in [5.41, 5.74) is 2.10. The lowest BCUT2D eigenvalue weighted by Crippen LogP contribution is -2.43. The van der Waals surface area contributed by atoms with Crippen molar-refractivity contribution in [1.82, 2.24) is 20.4 Å². The van der Waals surface area contributed by atoms with Crippen LogP contribution in [0.2, 0.25) is 0 Å². The van der Waals surface area contributed by atoms with E-state index in [1.807, 2.05) is 36.0 Å². The van der Waals surface area contributed by atoms with Crippen molar-refractivity contribution in [2.75, 3.05) is 0 Å². The smallest absolute Gasteiger partial charge is 0.237 e. The molecule has 0 radical (unpaired) electrons. The van der Waals surface area contributed by atoms with E-state index in [1.54, 1.807) is 6.20 Å². The number of benzene rings is 1. The van der Waals surface area contributed by atoms with Crippen LogP contribution in [0.4, 0.5) is 0 Å². The Morgan fingerprint density at radius 1 is 1.32 bits per heavy atom. The number of amides is 1. The molecule has 5 heteroatoms. The number of hydrogen-bond acceptors (Lipinski definition) is 3. The van der Waals surface area contributed by atoms with Crippen LogP contribution in [0.3, 0.4) is 0 Å². The molecule has 2 N–H and O–H groups in total. The number of aromatic nitrogens is 2. The molecular formula is C20H26N4O.